The quantitative estimate of drug-likeness (QED) is 0.804. The summed E-state index contributed by atoms with van der Waals surface area (Å²) in [4.78, 5) is 11.8. The number of carbonyl (C=O) groups excluding carboxylic acids is 1. The van der Waals surface area contributed by atoms with Gasteiger partial charge >= 0.3 is 0 Å². The van der Waals surface area contributed by atoms with Crippen molar-refractivity contribution in [2.75, 3.05) is 6.61 Å². The molecule has 0 bridgehead atoms. The highest BCUT2D eigenvalue weighted by Gasteiger charge is 2.14. The summed E-state index contributed by atoms with van der Waals surface area (Å²) in [5.74, 6) is 1.10. The van der Waals surface area contributed by atoms with E-state index >= 15 is 0 Å². The van der Waals surface area contributed by atoms with E-state index in [4.69, 9.17) is 10.5 Å². The lowest BCUT2D eigenvalue weighted by Gasteiger charge is -2.18. The third-order valence-electron chi connectivity index (χ3n) is 3.21. The molecule has 4 nitrogen and oxygen atoms in total. The lowest BCUT2D eigenvalue weighted by molar-refractivity contribution is -0.122. The van der Waals surface area contributed by atoms with Gasteiger partial charge in [-0.15, -0.1) is 0 Å². The number of aryl methyl sites for hydroxylation is 1. The van der Waals surface area contributed by atoms with Crippen LogP contribution in [0.5, 0.6) is 5.75 Å². The van der Waals surface area contributed by atoms with Crippen molar-refractivity contribution in [2.24, 2.45) is 11.7 Å². The predicted octanol–water partition coefficient (Wildman–Crippen LogP) is 2.25. The van der Waals surface area contributed by atoms with Crippen molar-refractivity contribution in [3.8, 4) is 5.75 Å². The molecule has 0 aliphatic heterocycles. The molecule has 2 atom stereocenters. The van der Waals surface area contributed by atoms with Gasteiger partial charge in [-0.25, -0.2) is 0 Å². The Labute approximate surface area is 121 Å². The summed E-state index contributed by atoms with van der Waals surface area (Å²) in [6, 6.07) is 7.72. The molecule has 2 unspecified atom stereocenters. The van der Waals surface area contributed by atoms with Crippen LogP contribution in [0.1, 0.15) is 32.8 Å². The SMILES string of the molecule is Cc1ccc(OCC(C)NC(=O)CC(N)C(C)C)cc1. The van der Waals surface area contributed by atoms with Gasteiger partial charge in [0, 0.05) is 12.5 Å². The minimum atomic E-state index is -0.0970. The zero-order valence-corrected chi connectivity index (χ0v) is 12.8. The molecule has 1 amide bonds. The first kappa shape index (κ1) is 16.5. The van der Waals surface area contributed by atoms with Crippen molar-refractivity contribution in [3.05, 3.63) is 29.8 Å². The van der Waals surface area contributed by atoms with Crippen molar-refractivity contribution in [1.29, 1.82) is 0 Å². The molecular formula is C16H26N2O2. The Balaban J connectivity index is 2.31. The maximum absolute atomic E-state index is 11.8. The molecule has 0 spiro atoms. The lowest BCUT2D eigenvalue weighted by Crippen LogP contribution is -2.41. The average molecular weight is 278 g/mol. The van der Waals surface area contributed by atoms with Crippen molar-refractivity contribution in [3.63, 3.8) is 0 Å². The summed E-state index contributed by atoms with van der Waals surface area (Å²) in [7, 11) is 0. The third kappa shape index (κ3) is 6.06. The normalized spacial score (nSPS) is 13.9. The first-order valence-electron chi connectivity index (χ1n) is 7.13. The molecule has 112 valence electrons. The zero-order valence-electron chi connectivity index (χ0n) is 12.8. The highest BCUT2D eigenvalue weighted by atomic mass is 16.5. The van der Waals surface area contributed by atoms with E-state index < -0.39 is 0 Å². The minimum absolute atomic E-state index is 0.0220. The number of hydrogen-bond acceptors (Lipinski definition) is 3. The van der Waals surface area contributed by atoms with Crippen LogP contribution >= 0.6 is 0 Å². The van der Waals surface area contributed by atoms with Crippen LogP contribution in [-0.2, 0) is 4.79 Å². The van der Waals surface area contributed by atoms with Crippen LogP contribution in [0.2, 0.25) is 0 Å². The molecule has 0 radical (unpaired) electrons. The van der Waals surface area contributed by atoms with Crippen LogP contribution in [0, 0.1) is 12.8 Å². The number of benzene rings is 1. The molecule has 0 fully saturated rings. The van der Waals surface area contributed by atoms with E-state index in [1.807, 2.05) is 52.0 Å². The van der Waals surface area contributed by atoms with Crippen molar-refractivity contribution in [2.45, 2.75) is 46.2 Å². The van der Waals surface area contributed by atoms with Gasteiger partial charge in [0.25, 0.3) is 0 Å². The molecule has 1 rings (SSSR count). The smallest absolute Gasteiger partial charge is 0.221 e. The largest absolute Gasteiger partial charge is 0.491 e. The van der Waals surface area contributed by atoms with Crippen LogP contribution < -0.4 is 15.8 Å². The third-order valence-corrected chi connectivity index (χ3v) is 3.21. The highest BCUT2D eigenvalue weighted by molar-refractivity contribution is 5.76. The predicted molar refractivity (Wildman–Crippen MR) is 81.7 cm³/mol. The Bertz CT molecular complexity index is 415. The summed E-state index contributed by atoms with van der Waals surface area (Å²) in [5, 5.41) is 2.90. The van der Waals surface area contributed by atoms with Crippen LogP contribution in [0.4, 0.5) is 0 Å². The Morgan fingerprint density at radius 2 is 1.85 bits per heavy atom. The second kappa shape index (κ2) is 7.90. The Morgan fingerprint density at radius 1 is 1.25 bits per heavy atom. The molecule has 1 aromatic carbocycles. The molecule has 0 aromatic heterocycles. The zero-order chi connectivity index (χ0) is 15.1. The standard InChI is InChI=1S/C16H26N2O2/c1-11(2)15(17)9-16(19)18-13(4)10-20-14-7-5-12(3)6-8-14/h5-8,11,13,15H,9-10,17H2,1-4H3,(H,18,19). The van der Waals surface area contributed by atoms with Gasteiger partial charge < -0.3 is 15.8 Å². The Kier molecular flexibility index (Phi) is 6.52. The lowest BCUT2D eigenvalue weighted by atomic mass is 10.0. The second-order valence-electron chi connectivity index (χ2n) is 5.70. The molecule has 3 N–H and O–H groups in total. The van der Waals surface area contributed by atoms with Gasteiger partial charge in [-0.05, 0) is 31.9 Å². The number of nitrogens with one attached hydrogen (secondary N) is 1. The summed E-state index contributed by atoms with van der Waals surface area (Å²) in [5.41, 5.74) is 7.08. The first-order valence-corrected chi connectivity index (χ1v) is 7.13. The van der Waals surface area contributed by atoms with Gasteiger partial charge in [0.1, 0.15) is 12.4 Å². The Morgan fingerprint density at radius 3 is 2.40 bits per heavy atom. The summed E-state index contributed by atoms with van der Waals surface area (Å²) >= 11 is 0. The monoisotopic (exact) mass is 278 g/mol. The molecule has 4 heteroatoms. The van der Waals surface area contributed by atoms with Crippen LogP contribution in [0.3, 0.4) is 0 Å². The number of amides is 1. The topological polar surface area (TPSA) is 64.3 Å². The van der Waals surface area contributed by atoms with Gasteiger partial charge in [0.05, 0.1) is 6.04 Å². The second-order valence-corrected chi connectivity index (χ2v) is 5.70. The summed E-state index contributed by atoms with van der Waals surface area (Å²) in [6.07, 6.45) is 0.354. The molecule has 0 aliphatic carbocycles. The van der Waals surface area contributed by atoms with Crippen LogP contribution in [-0.4, -0.2) is 24.6 Å². The Hall–Kier alpha value is -1.55. The van der Waals surface area contributed by atoms with Gasteiger partial charge in [-0.1, -0.05) is 31.5 Å². The van der Waals surface area contributed by atoms with E-state index in [2.05, 4.69) is 5.32 Å². The van der Waals surface area contributed by atoms with E-state index in [9.17, 15) is 4.79 Å². The number of carbonyl (C=O) groups is 1. The number of rotatable bonds is 7. The molecule has 0 heterocycles. The van der Waals surface area contributed by atoms with Gasteiger partial charge in [0.15, 0.2) is 0 Å². The van der Waals surface area contributed by atoms with E-state index in [1.54, 1.807) is 0 Å². The molecule has 20 heavy (non-hydrogen) atoms. The molecule has 0 saturated carbocycles. The maximum atomic E-state index is 11.8. The fraction of sp³-hybridized carbons (Fsp3) is 0.562. The number of nitrogens with two attached hydrogens (primary N) is 1. The fourth-order valence-electron chi connectivity index (χ4n) is 1.68. The molecular weight excluding hydrogens is 252 g/mol. The van der Waals surface area contributed by atoms with E-state index in [0.29, 0.717) is 18.9 Å². The van der Waals surface area contributed by atoms with Gasteiger partial charge in [0.2, 0.25) is 5.91 Å². The maximum Gasteiger partial charge on any atom is 0.221 e. The molecule has 0 saturated heterocycles. The summed E-state index contributed by atoms with van der Waals surface area (Å²) < 4.78 is 5.63. The van der Waals surface area contributed by atoms with E-state index in [1.165, 1.54) is 5.56 Å². The van der Waals surface area contributed by atoms with Crippen molar-refractivity contribution in [1.82, 2.24) is 5.32 Å². The van der Waals surface area contributed by atoms with E-state index in [0.717, 1.165) is 5.75 Å². The first-order chi connectivity index (χ1) is 9.38. The fourth-order valence-corrected chi connectivity index (χ4v) is 1.68. The van der Waals surface area contributed by atoms with Crippen molar-refractivity contribution < 1.29 is 9.53 Å². The number of ether oxygens (including phenoxy) is 1. The van der Waals surface area contributed by atoms with Crippen LogP contribution in [0.25, 0.3) is 0 Å². The number of hydrogen-bond donors (Lipinski definition) is 2. The van der Waals surface area contributed by atoms with Gasteiger partial charge in [-0.3, -0.25) is 4.79 Å². The molecule has 1 aromatic rings. The van der Waals surface area contributed by atoms with Gasteiger partial charge in [-0.2, -0.15) is 0 Å². The minimum Gasteiger partial charge on any atom is -0.491 e. The van der Waals surface area contributed by atoms with E-state index in [-0.39, 0.29) is 18.0 Å². The van der Waals surface area contributed by atoms with Crippen molar-refractivity contribution >= 4 is 5.91 Å². The van der Waals surface area contributed by atoms with Crippen LogP contribution in [0.15, 0.2) is 24.3 Å². The highest BCUT2D eigenvalue weighted by Crippen LogP contribution is 2.11. The average Bonchev–Trinajstić information content (AvgIpc) is 2.37. The summed E-state index contributed by atoms with van der Waals surface area (Å²) in [6.45, 7) is 8.44. The molecule has 0 aliphatic rings.